The number of nitrogens with one attached hydrogen (secondary N) is 1. The summed E-state index contributed by atoms with van der Waals surface area (Å²) in [7, 11) is 0. The van der Waals surface area contributed by atoms with Gasteiger partial charge in [0.2, 0.25) is 0 Å². The molecule has 1 saturated carbocycles. The van der Waals surface area contributed by atoms with Crippen molar-refractivity contribution in [1.29, 1.82) is 0 Å². The number of esters is 1. The Morgan fingerprint density at radius 1 is 1.11 bits per heavy atom. The van der Waals surface area contributed by atoms with Crippen LogP contribution in [0.5, 0.6) is 0 Å². The number of aryl methyl sites for hydroxylation is 2. The minimum atomic E-state index is -0.634. The number of halogens is 3. The van der Waals surface area contributed by atoms with E-state index in [9.17, 15) is 14.4 Å². The highest BCUT2D eigenvalue weighted by molar-refractivity contribution is 6.31. The minimum absolute atomic E-state index is 0. The van der Waals surface area contributed by atoms with E-state index in [2.05, 4.69) is 15.3 Å². The third-order valence-corrected chi connectivity index (χ3v) is 7.97. The number of nitrogen functional groups attached to an aromatic ring is 2. The van der Waals surface area contributed by atoms with Gasteiger partial charge in [0.25, 0.3) is 11.7 Å². The van der Waals surface area contributed by atoms with Crippen molar-refractivity contribution in [2.75, 3.05) is 11.5 Å². The van der Waals surface area contributed by atoms with Crippen LogP contribution >= 0.6 is 11.6 Å². The Kier molecular flexibility index (Phi) is 11.6. The monoisotopic (exact) mass is 743 g/mol. The molecule has 0 atom stereocenters. The van der Waals surface area contributed by atoms with Crippen LogP contribution in [0.1, 0.15) is 93.4 Å². The van der Waals surface area contributed by atoms with E-state index in [0.717, 1.165) is 5.82 Å². The van der Waals surface area contributed by atoms with Crippen molar-refractivity contribution < 1.29 is 52.1 Å². The molecule has 0 unspecified atom stereocenters. The average molecular weight is 744 g/mol. The van der Waals surface area contributed by atoms with Crippen LogP contribution in [0.15, 0.2) is 12.1 Å². The molecule has 1 fully saturated rings. The Morgan fingerprint density at radius 2 is 1.77 bits per heavy atom. The number of nitrogens with two attached hydrogens (primary N) is 2. The number of anilines is 2. The van der Waals surface area contributed by atoms with Crippen molar-refractivity contribution in [3.8, 4) is 0 Å². The first kappa shape index (κ1) is 35.4. The first-order chi connectivity index (χ1) is 20.2. The molecule has 1 aromatic carbocycles. The van der Waals surface area contributed by atoms with Crippen LogP contribution in [0.4, 0.5) is 16.0 Å². The number of rotatable bonds is 9. The van der Waals surface area contributed by atoms with E-state index >= 15 is 4.39 Å². The van der Waals surface area contributed by atoms with Gasteiger partial charge in [-0.1, -0.05) is 11.6 Å². The number of hydrogen-bond acceptors (Lipinski definition) is 8. The van der Waals surface area contributed by atoms with Crippen molar-refractivity contribution in [1.82, 2.24) is 19.9 Å². The Bertz CT molecular complexity index is 1570. The van der Waals surface area contributed by atoms with Crippen LogP contribution in [0.3, 0.4) is 0 Å². The second-order valence-electron chi connectivity index (χ2n) is 11.8. The Morgan fingerprint density at radius 3 is 2.36 bits per heavy atom. The van der Waals surface area contributed by atoms with E-state index in [0.29, 0.717) is 56.2 Å². The van der Waals surface area contributed by atoms with Crippen molar-refractivity contribution in [2.24, 2.45) is 5.92 Å². The van der Waals surface area contributed by atoms with Crippen LogP contribution in [0, 0.1) is 11.7 Å². The average Bonchev–Trinajstić information content (AvgIpc) is 3.23. The third-order valence-electron chi connectivity index (χ3n) is 7.69. The summed E-state index contributed by atoms with van der Waals surface area (Å²) in [6.45, 7) is 10.4. The van der Waals surface area contributed by atoms with Gasteiger partial charge in [-0.05, 0) is 60.3 Å². The smallest absolute Gasteiger partial charge is 0.309 e. The molecule has 0 aliphatic heterocycles. The van der Waals surface area contributed by atoms with E-state index in [1.165, 1.54) is 6.07 Å². The van der Waals surface area contributed by atoms with Gasteiger partial charge in [0.15, 0.2) is 33.6 Å². The fraction of sp³-hybridized carbons (Fsp3) is 0.533. The molecule has 1 amide bonds. The lowest BCUT2D eigenvalue weighted by atomic mass is 9.86. The van der Waals surface area contributed by atoms with E-state index in [4.69, 9.17) is 27.8 Å². The standard InChI is InChI=1S/C30H39ClFN7O4.HI/c1-6-38-20-14-18(28(41)35-17-10-8-16(9-11-17)29(42)43-30(3,4)5)19(32)15-21(20)39(7-2)23(38)13-12-22(40)24-26(33)37-27(34)25(31)36-24;/h14-17H,6-13H2,1-5H3,(H4-,33,34,35,37,40,41);1H. The Labute approximate surface area is 278 Å². The lowest BCUT2D eigenvalue weighted by Gasteiger charge is -2.30. The molecule has 2 heterocycles. The van der Waals surface area contributed by atoms with E-state index in [1.54, 1.807) is 6.07 Å². The summed E-state index contributed by atoms with van der Waals surface area (Å²) in [5.74, 6) is -1.27. The third kappa shape index (κ3) is 7.76. The van der Waals surface area contributed by atoms with Crippen LogP contribution in [-0.2, 0) is 29.0 Å². The molecule has 2 aromatic heterocycles. The molecule has 1 aliphatic rings. The fourth-order valence-electron chi connectivity index (χ4n) is 5.67. The van der Waals surface area contributed by atoms with E-state index < -0.39 is 17.3 Å². The molecular weight excluding hydrogens is 704 g/mol. The first-order valence-electron chi connectivity index (χ1n) is 14.6. The molecule has 240 valence electrons. The summed E-state index contributed by atoms with van der Waals surface area (Å²) in [5, 5.41) is 2.86. The van der Waals surface area contributed by atoms with E-state index in [1.807, 2.05) is 43.8 Å². The number of aromatic nitrogens is 4. The highest BCUT2D eigenvalue weighted by Crippen LogP contribution is 2.28. The maximum Gasteiger partial charge on any atom is 0.309 e. The number of carbonyl (C=O) groups excluding carboxylic acids is 3. The number of fused-ring (bicyclic) bond motifs is 1. The van der Waals surface area contributed by atoms with Crippen molar-refractivity contribution in [2.45, 2.75) is 97.9 Å². The number of nitrogens with zero attached hydrogens (tertiary/aromatic N) is 4. The zero-order valence-corrected chi connectivity index (χ0v) is 28.6. The van der Waals surface area contributed by atoms with Gasteiger partial charge < -0.3 is 45.5 Å². The Hall–Kier alpha value is -3.07. The molecular formula is C30H40ClFIN7O4. The summed E-state index contributed by atoms with van der Waals surface area (Å²) < 4.78 is 24.8. The van der Waals surface area contributed by atoms with Crippen LogP contribution in [0.2, 0.25) is 5.15 Å². The summed E-state index contributed by atoms with van der Waals surface area (Å²) in [6, 6.07) is 2.77. The number of ether oxygens (including phenoxy) is 1. The molecule has 44 heavy (non-hydrogen) atoms. The van der Waals surface area contributed by atoms with Gasteiger partial charge in [-0.2, -0.15) is 0 Å². The van der Waals surface area contributed by atoms with Crippen LogP contribution < -0.4 is 45.3 Å². The summed E-state index contributed by atoms with van der Waals surface area (Å²) in [5.41, 5.74) is 12.1. The predicted molar refractivity (Wildman–Crippen MR) is 161 cm³/mol. The molecule has 0 radical (unpaired) electrons. The van der Waals surface area contributed by atoms with Crippen molar-refractivity contribution in [3.63, 3.8) is 0 Å². The van der Waals surface area contributed by atoms with Crippen molar-refractivity contribution >= 4 is 51.9 Å². The number of Topliss-reactive ketones (excluding diaryl/α,β-unsaturated/α-hetero) is 1. The number of hydrogen-bond donors (Lipinski definition) is 3. The van der Waals surface area contributed by atoms with Gasteiger partial charge in [0, 0.05) is 24.6 Å². The molecule has 0 bridgehead atoms. The highest BCUT2D eigenvalue weighted by Gasteiger charge is 2.32. The number of amides is 1. The van der Waals surface area contributed by atoms with Crippen LogP contribution in [-0.4, -0.2) is 43.8 Å². The summed E-state index contributed by atoms with van der Waals surface area (Å²) >= 11 is 5.95. The van der Waals surface area contributed by atoms with Crippen LogP contribution in [0.25, 0.3) is 11.0 Å². The second-order valence-corrected chi connectivity index (χ2v) is 12.2. The number of ketones is 1. The molecule has 0 spiro atoms. The first-order valence-corrected chi connectivity index (χ1v) is 15.0. The Balaban J connectivity index is 0.00000529. The topological polar surface area (TPSA) is 159 Å². The predicted octanol–water partition coefficient (Wildman–Crippen LogP) is 1.17. The largest absolute Gasteiger partial charge is 1.00 e. The SMILES string of the molecule is CCn1c(CCC(=O)c2nc(Cl)c(N)nc2N)[n+](CC)c2cc(C(=O)NC3CCC(C(=O)OC(C)(C)C)CC3)c(F)cc21.[I-]. The molecule has 4 rings (SSSR count). The van der Waals surface area contributed by atoms with Crippen molar-refractivity contribution in [3.05, 3.63) is 40.2 Å². The summed E-state index contributed by atoms with van der Waals surface area (Å²) in [6.07, 6.45) is 2.76. The second kappa shape index (κ2) is 14.4. The zero-order valence-electron chi connectivity index (χ0n) is 25.7. The fourth-order valence-corrected chi connectivity index (χ4v) is 5.80. The maximum atomic E-state index is 15.4. The molecule has 1 aliphatic carbocycles. The molecule has 14 heteroatoms. The quantitative estimate of drug-likeness (QED) is 0.128. The molecule has 5 N–H and O–H groups in total. The number of carbonyl (C=O) groups is 3. The molecule has 11 nitrogen and oxygen atoms in total. The van der Waals surface area contributed by atoms with Gasteiger partial charge in [-0.25, -0.2) is 23.5 Å². The number of imidazole rings is 1. The highest BCUT2D eigenvalue weighted by atomic mass is 127. The molecule has 3 aromatic rings. The van der Waals surface area contributed by atoms with Gasteiger partial charge in [0.1, 0.15) is 17.1 Å². The lowest BCUT2D eigenvalue weighted by Crippen LogP contribution is -3.00. The maximum absolute atomic E-state index is 15.4. The lowest BCUT2D eigenvalue weighted by molar-refractivity contribution is -0.676. The summed E-state index contributed by atoms with van der Waals surface area (Å²) in [4.78, 5) is 46.6. The van der Waals surface area contributed by atoms with Gasteiger partial charge in [-0.15, -0.1) is 0 Å². The van der Waals surface area contributed by atoms with E-state index in [-0.39, 0.29) is 82.2 Å². The van der Waals surface area contributed by atoms with Gasteiger partial charge in [-0.3, -0.25) is 14.4 Å². The minimum Gasteiger partial charge on any atom is -1.00 e. The zero-order chi connectivity index (χ0) is 31.6. The van der Waals surface area contributed by atoms with Gasteiger partial charge in [0.05, 0.1) is 31.0 Å². The number of benzene rings is 1. The normalized spacial score (nSPS) is 16.8. The molecule has 0 saturated heterocycles. The van der Waals surface area contributed by atoms with Gasteiger partial charge >= 0.3 is 5.97 Å².